The highest BCUT2D eigenvalue weighted by Gasteiger charge is 2.20. The highest BCUT2D eigenvalue weighted by molar-refractivity contribution is 7.14. The summed E-state index contributed by atoms with van der Waals surface area (Å²) in [6.07, 6.45) is 0.941. The summed E-state index contributed by atoms with van der Waals surface area (Å²) < 4.78 is 5.10. The molecular formula is C9H15NOS. The average Bonchev–Trinajstić information content (AvgIpc) is 2.52. The van der Waals surface area contributed by atoms with Crippen LogP contribution in [0, 0.1) is 0 Å². The maximum atomic E-state index is 6.06. The molecule has 0 bridgehead atoms. The van der Waals surface area contributed by atoms with Gasteiger partial charge in [0, 0.05) is 10.4 Å². The number of hydrogen-bond donors (Lipinski definition) is 1. The fraction of sp³-hybridized carbons (Fsp3) is 0.556. The van der Waals surface area contributed by atoms with Gasteiger partial charge < -0.3 is 10.5 Å². The summed E-state index contributed by atoms with van der Waals surface area (Å²) in [5.41, 5.74) is 5.85. The van der Waals surface area contributed by atoms with Crippen LogP contribution in [0.3, 0.4) is 0 Å². The number of thiophene rings is 1. The van der Waals surface area contributed by atoms with Gasteiger partial charge >= 0.3 is 0 Å². The Bertz CT molecular complexity index is 255. The molecule has 1 heterocycles. The number of nitrogens with two attached hydrogens (primary N) is 1. The largest absolute Gasteiger partial charge is 0.487 e. The quantitative estimate of drug-likeness (QED) is 0.784. The minimum atomic E-state index is -0.207. The molecule has 0 spiro atoms. The maximum Gasteiger partial charge on any atom is 0.173 e. The van der Waals surface area contributed by atoms with E-state index in [1.807, 2.05) is 19.1 Å². The Labute approximate surface area is 77.3 Å². The Morgan fingerprint density at radius 1 is 1.58 bits per heavy atom. The van der Waals surface area contributed by atoms with Crippen molar-refractivity contribution in [2.45, 2.75) is 25.8 Å². The van der Waals surface area contributed by atoms with Crippen LogP contribution < -0.4 is 10.5 Å². The van der Waals surface area contributed by atoms with Crippen molar-refractivity contribution in [3.05, 3.63) is 17.0 Å². The predicted molar refractivity (Wildman–Crippen MR) is 52.7 cm³/mol. The highest BCUT2D eigenvalue weighted by Crippen LogP contribution is 2.32. The van der Waals surface area contributed by atoms with E-state index in [4.69, 9.17) is 10.5 Å². The van der Waals surface area contributed by atoms with Crippen LogP contribution in [0.25, 0.3) is 0 Å². The Morgan fingerprint density at radius 3 is 2.67 bits per heavy atom. The van der Waals surface area contributed by atoms with E-state index in [9.17, 15) is 0 Å². The zero-order valence-electron chi connectivity index (χ0n) is 7.76. The fourth-order valence-corrected chi connectivity index (χ4v) is 1.86. The lowest BCUT2D eigenvalue weighted by molar-refractivity contribution is 0.427. The molecule has 1 rings (SSSR count). The number of ether oxygens (including phenoxy) is 1. The van der Waals surface area contributed by atoms with Crippen LogP contribution >= 0.6 is 11.3 Å². The molecule has 2 nitrogen and oxygen atoms in total. The monoisotopic (exact) mass is 185 g/mol. The zero-order valence-corrected chi connectivity index (χ0v) is 8.57. The van der Waals surface area contributed by atoms with Gasteiger partial charge in [-0.1, -0.05) is 6.92 Å². The molecule has 0 amide bonds. The second kappa shape index (κ2) is 3.46. The number of methoxy groups -OCH3 is 1. The molecule has 0 aromatic carbocycles. The Kier molecular flexibility index (Phi) is 2.75. The lowest BCUT2D eigenvalue weighted by atomic mass is 9.99. The van der Waals surface area contributed by atoms with Gasteiger partial charge in [0.25, 0.3) is 0 Å². The van der Waals surface area contributed by atoms with Gasteiger partial charge in [-0.2, -0.15) is 0 Å². The van der Waals surface area contributed by atoms with Crippen molar-refractivity contribution in [1.29, 1.82) is 0 Å². The topological polar surface area (TPSA) is 35.2 Å². The third-order valence-corrected chi connectivity index (χ3v) is 3.41. The Balaban J connectivity index is 2.88. The molecule has 2 N–H and O–H groups in total. The van der Waals surface area contributed by atoms with Crippen LogP contribution in [0.1, 0.15) is 25.1 Å². The third kappa shape index (κ3) is 1.79. The van der Waals surface area contributed by atoms with Crippen LogP contribution in [0.5, 0.6) is 5.06 Å². The van der Waals surface area contributed by atoms with Crippen LogP contribution in [-0.4, -0.2) is 7.11 Å². The Morgan fingerprint density at radius 2 is 2.25 bits per heavy atom. The molecule has 0 saturated carbocycles. The summed E-state index contributed by atoms with van der Waals surface area (Å²) in [6.45, 7) is 4.13. The van der Waals surface area contributed by atoms with E-state index >= 15 is 0 Å². The van der Waals surface area contributed by atoms with Crippen molar-refractivity contribution >= 4 is 11.3 Å². The molecule has 3 heteroatoms. The summed E-state index contributed by atoms with van der Waals surface area (Å²) in [4.78, 5) is 1.18. The van der Waals surface area contributed by atoms with Gasteiger partial charge in [-0.25, -0.2) is 0 Å². The average molecular weight is 185 g/mol. The summed E-state index contributed by atoms with van der Waals surface area (Å²) in [6, 6.07) is 3.99. The van der Waals surface area contributed by atoms with Gasteiger partial charge in [0.15, 0.2) is 5.06 Å². The van der Waals surface area contributed by atoms with Crippen LogP contribution in [0.2, 0.25) is 0 Å². The molecular weight excluding hydrogens is 170 g/mol. The third-order valence-electron chi connectivity index (χ3n) is 2.08. The molecule has 0 aliphatic rings. The van der Waals surface area contributed by atoms with Crippen molar-refractivity contribution in [3.8, 4) is 5.06 Å². The molecule has 1 unspecified atom stereocenters. The fourth-order valence-electron chi connectivity index (χ4n) is 0.911. The van der Waals surface area contributed by atoms with Crippen molar-refractivity contribution in [2.75, 3.05) is 7.11 Å². The minimum Gasteiger partial charge on any atom is -0.487 e. The van der Waals surface area contributed by atoms with Crippen molar-refractivity contribution in [3.63, 3.8) is 0 Å². The van der Waals surface area contributed by atoms with Gasteiger partial charge in [0.05, 0.1) is 7.11 Å². The first kappa shape index (κ1) is 9.55. The Hall–Kier alpha value is -0.540. The van der Waals surface area contributed by atoms with Crippen LogP contribution in [0.4, 0.5) is 0 Å². The normalized spacial score (nSPS) is 15.7. The summed E-state index contributed by atoms with van der Waals surface area (Å²) in [5.74, 6) is 0. The molecule has 1 aromatic heterocycles. The van der Waals surface area contributed by atoms with E-state index in [2.05, 4.69) is 6.92 Å². The number of hydrogen-bond acceptors (Lipinski definition) is 3. The first-order chi connectivity index (χ1) is 5.60. The standard InChI is InChI=1S/C9H15NOS/c1-4-9(2,10)7-5-6-8(11-3)12-7/h5-6H,4,10H2,1-3H3. The van der Waals surface area contributed by atoms with E-state index in [0.717, 1.165) is 11.5 Å². The smallest absolute Gasteiger partial charge is 0.173 e. The lowest BCUT2D eigenvalue weighted by Gasteiger charge is -2.20. The van der Waals surface area contributed by atoms with Gasteiger partial charge in [-0.05, 0) is 25.5 Å². The predicted octanol–water partition coefficient (Wildman–Crippen LogP) is 2.34. The first-order valence-electron chi connectivity index (χ1n) is 4.03. The van der Waals surface area contributed by atoms with Gasteiger partial charge in [0.2, 0.25) is 0 Å². The summed E-state index contributed by atoms with van der Waals surface area (Å²) >= 11 is 1.62. The van der Waals surface area contributed by atoms with Crippen molar-refractivity contribution in [2.24, 2.45) is 5.73 Å². The molecule has 0 saturated heterocycles. The molecule has 1 aromatic rings. The zero-order chi connectivity index (χ0) is 9.19. The van der Waals surface area contributed by atoms with Gasteiger partial charge in [-0.3, -0.25) is 0 Å². The van der Waals surface area contributed by atoms with E-state index < -0.39 is 0 Å². The molecule has 0 aliphatic heterocycles. The van der Waals surface area contributed by atoms with E-state index in [-0.39, 0.29) is 5.54 Å². The van der Waals surface area contributed by atoms with Gasteiger partial charge in [0.1, 0.15) is 0 Å². The number of rotatable bonds is 3. The molecule has 68 valence electrons. The van der Waals surface area contributed by atoms with Gasteiger partial charge in [-0.15, -0.1) is 11.3 Å². The minimum absolute atomic E-state index is 0.207. The van der Waals surface area contributed by atoms with Crippen LogP contribution in [0.15, 0.2) is 12.1 Å². The van der Waals surface area contributed by atoms with Crippen LogP contribution in [-0.2, 0) is 5.54 Å². The van der Waals surface area contributed by atoms with E-state index in [1.165, 1.54) is 4.88 Å². The van der Waals surface area contributed by atoms with E-state index in [0.29, 0.717) is 0 Å². The van der Waals surface area contributed by atoms with E-state index in [1.54, 1.807) is 18.4 Å². The molecule has 0 fully saturated rings. The summed E-state index contributed by atoms with van der Waals surface area (Å²) in [7, 11) is 1.68. The molecule has 0 aliphatic carbocycles. The second-order valence-electron chi connectivity index (χ2n) is 3.09. The van der Waals surface area contributed by atoms with Crippen molar-refractivity contribution < 1.29 is 4.74 Å². The molecule has 12 heavy (non-hydrogen) atoms. The SMILES string of the molecule is CCC(C)(N)c1ccc(OC)s1. The molecule has 1 atom stereocenters. The lowest BCUT2D eigenvalue weighted by Crippen LogP contribution is -2.30. The second-order valence-corrected chi connectivity index (χ2v) is 4.14. The van der Waals surface area contributed by atoms with Crippen molar-refractivity contribution in [1.82, 2.24) is 0 Å². The maximum absolute atomic E-state index is 6.06. The summed E-state index contributed by atoms with van der Waals surface area (Å²) in [5, 5.41) is 0.926. The first-order valence-corrected chi connectivity index (χ1v) is 4.85. The molecule has 0 radical (unpaired) electrons. The highest BCUT2D eigenvalue weighted by atomic mass is 32.1.